The highest BCUT2D eigenvalue weighted by molar-refractivity contribution is 5.39. The molecule has 1 aliphatic rings. The number of ether oxygens (including phenoxy) is 1. The summed E-state index contributed by atoms with van der Waals surface area (Å²) >= 11 is 0. The topological polar surface area (TPSA) is 29.5 Å². The number of halogens is 1. The molecular formula is C12H15FO2. The van der Waals surface area contributed by atoms with E-state index in [9.17, 15) is 9.50 Å². The lowest BCUT2D eigenvalue weighted by Gasteiger charge is -2.13. The lowest BCUT2D eigenvalue weighted by Crippen LogP contribution is -2.02. The van der Waals surface area contributed by atoms with Gasteiger partial charge in [0.1, 0.15) is 11.6 Å². The van der Waals surface area contributed by atoms with Crippen LogP contribution in [0.3, 0.4) is 0 Å². The van der Waals surface area contributed by atoms with Crippen LogP contribution in [0, 0.1) is 5.82 Å². The van der Waals surface area contributed by atoms with E-state index >= 15 is 0 Å². The molecule has 1 aliphatic carbocycles. The Balaban J connectivity index is 2.50. The van der Waals surface area contributed by atoms with Crippen molar-refractivity contribution >= 4 is 0 Å². The molecule has 0 amide bonds. The third-order valence-electron chi connectivity index (χ3n) is 2.95. The van der Waals surface area contributed by atoms with Gasteiger partial charge in [-0.3, -0.25) is 0 Å². The SMILES string of the molecule is COc1cc(F)c2c(c1)C(O)CCCC2. The van der Waals surface area contributed by atoms with E-state index < -0.39 is 6.10 Å². The second-order valence-electron chi connectivity index (χ2n) is 3.94. The van der Waals surface area contributed by atoms with Crippen LogP contribution < -0.4 is 4.74 Å². The van der Waals surface area contributed by atoms with Crippen LogP contribution in [0.4, 0.5) is 4.39 Å². The number of hydrogen-bond donors (Lipinski definition) is 1. The van der Waals surface area contributed by atoms with E-state index in [0.29, 0.717) is 29.7 Å². The summed E-state index contributed by atoms with van der Waals surface area (Å²) in [5.74, 6) is 0.220. The highest BCUT2D eigenvalue weighted by Crippen LogP contribution is 2.33. The fourth-order valence-corrected chi connectivity index (χ4v) is 2.11. The van der Waals surface area contributed by atoms with Crippen LogP contribution in [-0.2, 0) is 6.42 Å². The van der Waals surface area contributed by atoms with Gasteiger partial charge in [-0.15, -0.1) is 0 Å². The molecule has 0 bridgehead atoms. The molecule has 1 aromatic carbocycles. The fourth-order valence-electron chi connectivity index (χ4n) is 2.11. The zero-order chi connectivity index (χ0) is 10.8. The van der Waals surface area contributed by atoms with Crippen LogP contribution in [0.1, 0.15) is 36.5 Å². The number of rotatable bonds is 1. The third kappa shape index (κ3) is 1.97. The van der Waals surface area contributed by atoms with Crippen molar-refractivity contribution < 1.29 is 14.2 Å². The number of benzene rings is 1. The quantitative estimate of drug-likeness (QED) is 0.722. The third-order valence-corrected chi connectivity index (χ3v) is 2.95. The maximum Gasteiger partial charge on any atom is 0.130 e. The molecule has 1 atom stereocenters. The lowest BCUT2D eigenvalue weighted by atomic mass is 10.00. The van der Waals surface area contributed by atoms with Crippen LogP contribution in [-0.4, -0.2) is 12.2 Å². The minimum atomic E-state index is -0.549. The Morgan fingerprint density at radius 3 is 2.93 bits per heavy atom. The summed E-state index contributed by atoms with van der Waals surface area (Å²) in [4.78, 5) is 0. The van der Waals surface area contributed by atoms with Crippen molar-refractivity contribution in [3.8, 4) is 5.75 Å². The monoisotopic (exact) mass is 210 g/mol. The van der Waals surface area contributed by atoms with Gasteiger partial charge in [0, 0.05) is 6.07 Å². The van der Waals surface area contributed by atoms with Crippen LogP contribution in [0.25, 0.3) is 0 Å². The van der Waals surface area contributed by atoms with Gasteiger partial charge in [0.15, 0.2) is 0 Å². The lowest BCUT2D eigenvalue weighted by molar-refractivity contribution is 0.166. The Bertz CT molecular complexity index is 363. The van der Waals surface area contributed by atoms with Crippen LogP contribution >= 0.6 is 0 Å². The average Bonchev–Trinajstić information content (AvgIpc) is 2.41. The number of fused-ring (bicyclic) bond motifs is 1. The molecule has 1 N–H and O–H groups in total. The average molecular weight is 210 g/mol. The molecule has 1 unspecified atom stereocenters. The summed E-state index contributed by atoms with van der Waals surface area (Å²) in [6.07, 6.45) is 2.75. The van der Waals surface area contributed by atoms with E-state index in [0.717, 1.165) is 12.8 Å². The molecule has 1 aromatic rings. The van der Waals surface area contributed by atoms with Crippen LogP contribution in [0.5, 0.6) is 5.75 Å². The van der Waals surface area contributed by atoms with E-state index in [1.807, 2.05) is 0 Å². The molecule has 0 fully saturated rings. The summed E-state index contributed by atoms with van der Waals surface area (Å²) in [6, 6.07) is 3.13. The van der Waals surface area contributed by atoms with Crippen molar-refractivity contribution in [1.82, 2.24) is 0 Å². The molecule has 82 valence electrons. The van der Waals surface area contributed by atoms with Crippen LogP contribution in [0.2, 0.25) is 0 Å². The number of aliphatic hydroxyl groups is 1. The zero-order valence-corrected chi connectivity index (χ0v) is 8.79. The maximum absolute atomic E-state index is 13.7. The smallest absolute Gasteiger partial charge is 0.130 e. The molecule has 3 heteroatoms. The minimum absolute atomic E-state index is 0.259. The van der Waals surface area contributed by atoms with Gasteiger partial charge in [0.05, 0.1) is 13.2 Å². The van der Waals surface area contributed by atoms with E-state index in [-0.39, 0.29) is 5.82 Å². The van der Waals surface area contributed by atoms with E-state index in [1.54, 1.807) is 6.07 Å². The highest BCUT2D eigenvalue weighted by atomic mass is 19.1. The van der Waals surface area contributed by atoms with Crippen LogP contribution in [0.15, 0.2) is 12.1 Å². The van der Waals surface area contributed by atoms with E-state index in [2.05, 4.69) is 0 Å². The predicted molar refractivity (Wildman–Crippen MR) is 55.5 cm³/mol. The summed E-state index contributed by atoms with van der Waals surface area (Å²) in [5.41, 5.74) is 1.35. The predicted octanol–water partition coefficient (Wildman–Crippen LogP) is 2.59. The summed E-state index contributed by atoms with van der Waals surface area (Å²) in [7, 11) is 1.50. The van der Waals surface area contributed by atoms with Gasteiger partial charge in [0.2, 0.25) is 0 Å². The number of aliphatic hydroxyl groups excluding tert-OH is 1. The largest absolute Gasteiger partial charge is 0.497 e. The van der Waals surface area contributed by atoms with Gasteiger partial charge in [0.25, 0.3) is 0 Å². The Hall–Kier alpha value is -1.09. The summed E-state index contributed by atoms with van der Waals surface area (Å²) in [5, 5.41) is 9.86. The van der Waals surface area contributed by atoms with Gasteiger partial charge in [-0.25, -0.2) is 4.39 Å². The molecular weight excluding hydrogens is 195 g/mol. The molecule has 0 saturated carbocycles. The van der Waals surface area contributed by atoms with Gasteiger partial charge >= 0.3 is 0 Å². The minimum Gasteiger partial charge on any atom is -0.497 e. The fraction of sp³-hybridized carbons (Fsp3) is 0.500. The first kappa shape index (κ1) is 10.4. The molecule has 15 heavy (non-hydrogen) atoms. The normalized spacial score (nSPS) is 20.6. The van der Waals surface area contributed by atoms with Crippen molar-refractivity contribution in [2.24, 2.45) is 0 Å². The molecule has 0 aromatic heterocycles. The van der Waals surface area contributed by atoms with E-state index in [1.165, 1.54) is 13.2 Å². The number of methoxy groups -OCH3 is 1. The number of hydrogen-bond acceptors (Lipinski definition) is 2. The summed E-state index contributed by atoms with van der Waals surface area (Å²) in [6.45, 7) is 0. The van der Waals surface area contributed by atoms with Gasteiger partial charge < -0.3 is 9.84 Å². The molecule has 0 aliphatic heterocycles. The van der Waals surface area contributed by atoms with Gasteiger partial charge in [-0.2, -0.15) is 0 Å². The highest BCUT2D eigenvalue weighted by Gasteiger charge is 2.20. The van der Waals surface area contributed by atoms with Crippen molar-refractivity contribution in [3.63, 3.8) is 0 Å². The van der Waals surface area contributed by atoms with Gasteiger partial charge in [-0.1, -0.05) is 6.42 Å². The standard InChI is InChI=1S/C12H15FO2/c1-15-8-6-10-9(11(13)7-8)4-2-3-5-12(10)14/h6-7,12,14H,2-5H2,1H3. The first-order valence-electron chi connectivity index (χ1n) is 5.26. The Morgan fingerprint density at radius 1 is 1.40 bits per heavy atom. The van der Waals surface area contributed by atoms with Crippen molar-refractivity contribution in [2.45, 2.75) is 31.8 Å². The van der Waals surface area contributed by atoms with Crippen molar-refractivity contribution in [3.05, 3.63) is 29.1 Å². The first-order chi connectivity index (χ1) is 7.22. The molecule has 0 spiro atoms. The second kappa shape index (κ2) is 4.19. The van der Waals surface area contributed by atoms with Crippen molar-refractivity contribution in [1.29, 1.82) is 0 Å². The summed E-state index contributed by atoms with van der Waals surface area (Å²) < 4.78 is 18.7. The first-order valence-corrected chi connectivity index (χ1v) is 5.26. The zero-order valence-electron chi connectivity index (χ0n) is 8.79. The molecule has 2 rings (SSSR count). The Kier molecular flexibility index (Phi) is 2.91. The van der Waals surface area contributed by atoms with Gasteiger partial charge in [-0.05, 0) is 36.5 Å². The molecule has 0 heterocycles. The molecule has 0 radical (unpaired) electrons. The molecule has 0 saturated heterocycles. The van der Waals surface area contributed by atoms with E-state index in [4.69, 9.17) is 4.74 Å². The Morgan fingerprint density at radius 2 is 2.20 bits per heavy atom. The maximum atomic E-state index is 13.7. The molecule has 2 nitrogen and oxygen atoms in total. The second-order valence-corrected chi connectivity index (χ2v) is 3.94. The van der Waals surface area contributed by atoms with Crippen molar-refractivity contribution in [2.75, 3.05) is 7.11 Å². The Labute approximate surface area is 88.7 Å².